The van der Waals surface area contributed by atoms with Gasteiger partial charge in [-0.2, -0.15) is 12.8 Å². The SMILES string of the molecule is C[N+](C)(C)c1ccc(S(=O)(=O)N=Cc2ccccc2)cc1. The lowest BCUT2D eigenvalue weighted by atomic mass is 10.2. The highest BCUT2D eigenvalue weighted by Crippen LogP contribution is 2.20. The molecule has 0 spiro atoms. The van der Waals surface area contributed by atoms with E-state index in [0.717, 1.165) is 11.3 Å². The lowest BCUT2D eigenvalue weighted by molar-refractivity contribution is 0.486. The average Bonchev–Trinajstić information content (AvgIpc) is 2.46. The Bertz CT molecular complexity index is 728. The molecule has 0 aromatic heterocycles. The molecule has 2 rings (SSSR count). The van der Waals surface area contributed by atoms with E-state index in [-0.39, 0.29) is 4.90 Å². The van der Waals surface area contributed by atoms with Crippen LogP contribution in [0.1, 0.15) is 5.56 Å². The van der Waals surface area contributed by atoms with Gasteiger partial charge in [-0.05, 0) is 17.7 Å². The fourth-order valence-electron chi connectivity index (χ4n) is 1.80. The molecule has 5 heteroatoms. The minimum atomic E-state index is -3.66. The van der Waals surface area contributed by atoms with Crippen LogP contribution in [0, 0.1) is 0 Å². The third-order valence-corrected chi connectivity index (χ3v) is 4.30. The second kappa shape index (κ2) is 5.79. The number of rotatable bonds is 4. The number of sulfonamides is 1. The normalized spacial score (nSPS) is 12.7. The maximum absolute atomic E-state index is 12.2. The van der Waals surface area contributed by atoms with E-state index in [0.29, 0.717) is 4.48 Å². The van der Waals surface area contributed by atoms with E-state index in [1.165, 1.54) is 6.21 Å². The van der Waals surface area contributed by atoms with E-state index in [9.17, 15) is 8.42 Å². The maximum atomic E-state index is 12.2. The first-order valence-electron chi connectivity index (χ1n) is 6.56. The Morgan fingerprint density at radius 1 is 0.905 bits per heavy atom. The van der Waals surface area contributed by atoms with Crippen LogP contribution in [0.5, 0.6) is 0 Å². The quantitative estimate of drug-likeness (QED) is 0.644. The van der Waals surface area contributed by atoms with E-state index >= 15 is 0 Å². The van der Waals surface area contributed by atoms with Crippen molar-refractivity contribution in [2.75, 3.05) is 21.1 Å². The molecule has 0 saturated carbocycles. The van der Waals surface area contributed by atoms with Crippen molar-refractivity contribution in [1.82, 2.24) is 4.48 Å². The second-order valence-corrected chi connectivity index (χ2v) is 7.26. The lowest BCUT2D eigenvalue weighted by Crippen LogP contribution is -2.34. The van der Waals surface area contributed by atoms with Crippen LogP contribution < -0.4 is 4.48 Å². The van der Waals surface area contributed by atoms with Crippen molar-refractivity contribution in [2.24, 2.45) is 4.40 Å². The topological polar surface area (TPSA) is 46.5 Å². The molecule has 0 N–H and O–H groups in total. The van der Waals surface area contributed by atoms with Crippen molar-refractivity contribution in [1.29, 1.82) is 0 Å². The predicted octanol–water partition coefficient (Wildman–Crippen LogP) is 2.69. The molecule has 0 atom stereocenters. The van der Waals surface area contributed by atoms with Crippen LogP contribution in [0.4, 0.5) is 5.69 Å². The summed E-state index contributed by atoms with van der Waals surface area (Å²) in [5.74, 6) is 0. The number of hydrogen-bond acceptors (Lipinski definition) is 2. The molecule has 0 aliphatic rings. The molecule has 0 saturated heterocycles. The Balaban J connectivity index is 2.26. The molecule has 110 valence electrons. The number of quaternary nitrogens is 1. The van der Waals surface area contributed by atoms with Gasteiger partial charge in [0, 0.05) is 18.3 Å². The van der Waals surface area contributed by atoms with Gasteiger partial charge in [-0.25, -0.2) is 0 Å². The molecule has 0 fully saturated rings. The summed E-state index contributed by atoms with van der Waals surface area (Å²) in [5, 5.41) is 0. The van der Waals surface area contributed by atoms with Gasteiger partial charge in [-0.15, -0.1) is 0 Å². The summed E-state index contributed by atoms with van der Waals surface area (Å²) in [5.41, 5.74) is 1.78. The Morgan fingerprint density at radius 2 is 1.48 bits per heavy atom. The van der Waals surface area contributed by atoms with Gasteiger partial charge in [0.2, 0.25) is 0 Å². The first-order chi connectivity index (χ1) is 9.79. The molecule has 0 amide bonds. The van der Waals surface area contributed by atoms with E-state index < -0.39 is 10.0 Å². The highest BCUT2D eigenvalue weighted by molar-refractivity contribution is 7.90. The fourth-order valence-corrected chi connectivity index (χ4v) is 2.66. The first-order valence-corrected chi connectivity index (χ1v) is 8.00. The Labute approximate surface area is 126 Å². The van der Waals surface area contributed by atoms with Crippen LogP contribution >= 0.6 is 0 Å². The Hall–Kier alpha value is -1.98. The van der Waals surface area contributed by atoms with Gasteiger partial charge in [-0.3, -0.25) is 4.48 Å². The lowest BCUT2D eigenvalue weighted by Gasteiger charge is -2.23. The summed E-state index contributed by atoms with van der Waals surface area (Å²) in [6, 6.07) is 16.0. The Morgan fingerprint density at radius 3 is 2.00 bits per heavy atom. The molecule has 0 bridgehead atoms. The summed E-state index contributed by atoms with van der Waals surface area (Å²) in [7, 11) is 2.42. The monoisotopic (exact) mass is 303 g/mol. The van der Waals surface area contributed by atoms with Crippen molar-refractivity contribution >= 4 is 21.9 Å². The third kappa shape index (κ3) is 4.00. The predicted molar refractivity (Wildman–Crippen MR) is 87.2 cm³/mol. The molecule has 0 radical (unpaired) electrons. The van der Waals surface area contributed by atoms with Crippen LogP contribution in [0.25, 0.3) is 0 Å². The molecule has 4 nitrogen and oxygen atoms in total. The molecule has 0 unspecified atom stereocenters. The van der Waals surface area contributed by atoms with E-state index in [1.807, 2.05) is 51.5 Å². The number of nitrogens with zero attached hydrogens (tertiary/aromatic N) is 2. The zero-order valence-electron chi connectivity index (χ0n) is 12.4. The molecular formula is C16H19N2O2S+. The van der Waals surface area contributed by atoms with Crippen molar-refractivity contribution in [3.63, 3.8) is 0 Å². The summed E-state index contributed by atoms with van der Waals surface area (Å²) >= 11 is 0. The highest BCUT2D eigenvalue weighted by atomic mass is 32.2. The standard InChI is InChI=1S/C16H19N2O2S/c1-18(2,3)15-9-11-16(12-10-15)21(19,20)17-13-14-7-5-4-6-8-14/h4-13H,1-3H3/q+1. The van der Waals surface area contributed by atoms with Crippen molar-refractivity contribution in [3.05, 3.63) is 60.2 Å². The highest BCUT2D eigenvalue weighted by Gasteiger charge is 2.16. The largest absolute Gasteiger partial charge is 0.298 e. The fraction of sp³-hybridized carbons (Fsp3) is 0.188. The first kappa shape index (κ1) is 15.4. The van der Waals surface area contributed by atoms with Gasteiger partial charge in [0.05, 0.1) is 26.0 Å². The summed E-state index contributed by atoms with van der Waals surface area (Å²) in [6.07, 6.45) is 1.36. The van der Waals surface area contributed by atoms with Gasteiger partial charge in [-0.1, -0.05) is 30.3 Å². The average molecular weight is 303 g/mol. The van der Waals surface area contributed by atoms with Crippen molar-refractivity contribution < 1.29 is 8.42 Å². The zero-order valence-corrected chi connectivity index (χ0v) is 13.2. The van der Waals surface area contributed by atoms with E-state index in [1.54, 1.807) is 24.3 Å². The summed E-state index contributed by atoms with van der Waals surface area (Å²) in [6.45, 7) is 0. The minimum Gasteiger partial charge on any atom is -0.298 e. The maximum Gasteiger partial charge on any atom is 0.282 e. The molecule has 2 aromatic carbocycles. The van der Waals surface area contributed by atoms with Crippen LogP contribution in [-0.4, -0.2) is 35.8 Å². The molecule has 0 aliphatic carbocycles. The molecular weight excluding hydrogens is 284 g/mol. The second-order valence-electron chi connectivity index (χ2n) is 5.63. The zero-order chi connectivity index (χ0) is 15.5. The number of benzene rings is 2. The summed E-state index contributed by atoms with van der Waals surface area (Å²) in [4.78, 5) is 0.201. The van der Waals surface area contributed by atoms with E-state index in [4.69, 9.17) is 0 Å². The number of hydrogen-bond donors (Lipinski definition) is 0. The molecule has 21 heavy (non-hydrogen) atoms. The molecule has 0 heterocycles. The van der Waals surface area contributed by atoms with Crippen LogP contribution in [0.3, 0.4) is 0 Å². The summed E-state index contributed by atoms with van der Waals surface area (Å²) < 4.78 is 28.7. The molecule has 2 aromatic rings. The van der Waals surface area contributed by atoms with Crippen molar-refractivity contribution in [3.8, 4) is 0 Å². The van der Waals surface area contributed by atoms with Gasteiger partial charge in [0.25, 0.3) is 10.0 Å². The van der Waals surface area contributed by atoms with Gasteiger partial charge < -0.3 is 0 Å². The van der Waals surface area contributed by atoms with Gasteiger partial charge in [0.1, 0.15) is 5.69 Å². The van der Waals surface area contributed by atoms with Gasteiger partial charge >= 0.3 is 0 Å². The minimum absolute atomic E-state index is 0.201. The van der Waals surface area contributed by atoms with E-state index in [2.05, 4.69) is 4.40 Å². The molecule has 0 aliphatic heterocycles. The van der Waals surface area contributed by atoms with Crippen molar-refractivity contribution in [2.45, 2.75) is 4.90 Å². The van der Waals surface area contributed by atoms with Crippen LogP contribution in [0.2, 0.25) is 0 Å². The Kier molecular flexibility index (Phi) is 4.25. The van der Waals surface area contributed by atoms with Gasteiger partial charge in [0.15, 0.2) is 0 Å². The third-order valence-electron chi connectivity index (χ3n) is 3.05. The van der Waals surface area contributed by atoms with Crippen LogP contribution in [-0.2, 0) is 10.0 Å². The smallest absolute Gasteiger partial charge is 0.282 e. The van der Waals surface area contributed by atoms with Crippen LogP contribution in [0.15, 0.2) is 63.9 Å².